The maximum Gasteiger partial charge on any atom is 0.291 e. The minimum atomic E-state index is -0.735. The van der Waals surface area contributed by atoms with Crippen molar-refractivity contribution in [3.05, 3.63) is 103 Å². The van der Waals surface area contributed by atoms with Crippen molar-refractivity contribution in [2.45, 2.75) is 19.3 Å². The van der Waals surface area contributed by atoms with Crippen LogP contribution in [0.4, 0.5) is 23.0 Å². The van der Waals surface area contributed by atoms with Crippen molar-refractivity contribution in [3.8, 4) is 11.5 Å². The number of nitrogen functional groups attached to an aromatic ring is 1. The number of carbonyl (C=O) groups excluding carboxylic acids is 8. The highest BCUT2D eigenvalue weighted by molar-refractivity contribution is 6.03. The molecule has 0 radical (unpaired) electrons. The van der Waals surface area contributed by atoms with E-state index in [0.29, 0.717) is 208 Å². The highest BCUT2D eigenvalue weighted by Gasteiger charge is 2.22. The van der Waals surface area contributed by atoms with E-state index in [0.717, 1.165) is 6.20 Å². The number of nitrogens with zero attached hydrogens (tertiary/aromatic N) is 8. The maximum atomic E-state index is 13.3. The Morgan fingerprint density at radius 3 is 1.32 bits per heavy atom. The monoisotopic (exact) mass is 1610 g/mol. The predicted molar refractivity (Wildman–Crippen MR) is 413 cm³/mol. The van der Waals surface area contributed by atoms with Crippen LogP contribution in [0.15, 0.2) is 79.9 Å². The third kappa shape index (κ3) is 40.1. The van der Waals surface area contributed by atoms with E-state index in [2.05, 4.69) is 64.1 Å². The summed E-state index contributed by atoms with van der Waals surface area (Å²) in [6, 6.07) is 6.69. The fourth-order valence-corrected chi connectivity index (χ4v) is 9.56. The SMILES string of the molecule is C=CN(C)/C(=C\NC(=O)c1nc(NC(=O)CCNC(=O)c2cc(NC(=O)c3nccn3C)cn2C)cn1C)C(=O)NCCC(=O)Nc1cn(C)c(C(=O)NCCC(=O)NCCOCCOCCOCCOCCOCCOCCOCCOCCOc2ccc(N)cc2OCCOCCOCCOCCOCCOCCOC)n1. The first-order valence-corrected chi connectivity index (χ1v) is 37.1. The molecule has 0 aliphatic rings. The summed E-state index contributed by atoms with van der Waals surface area (Å²) >= 11 is 0. The van der Waals surface area contributed by atoms with Gasteiger partial charge in [0.05, 0.1) is 184 Å². The Bertz CT molecular complexity index is 3680. The molecule has 0 saturated heterocycles. The molecule has 0 spiro atoms. The molecule has 1 aromatic carbocycles. The van der Waals surface area contributed by atoms with Crippen LogP contribution in [0.1, 0.15) is 61.6 Å². The Labute approximate surface area is 662 Å². The number of likely N-dealkylation sites (N-methyl/N-ethyl adjacent to an activating group) is 1. The molecule has 0 bridgehead atoms. The molecule has 0 aliphatic carbocycles. The summed E-state index contributed by atoms with van der Waals surface area (Å²) in [7, 11) is 9.53. The minimum Gasteiger partial charge on any atom is -0.487 e. The van der Waals surface area contributed by atoms with E-state index in [4.69, 9.17) is 81.5 Å². The van der Waals surface area contributed by atoms with Gasteiger partial charge in [-0.2, -0.15) is 0 Å². The number of rotatable bonds is 67. The number of aromatic nitrogens is 7. The summed E-state index contributed by atoms with van der Waals surface area (Å²) in [4.78, 5) is 117. The molecule has 0 aliphatic heterocycles. The lowest BCUT2D eigenvalue weighted by atomic mass is 10.3. The number of benzene rings is 1. The van der Waals surface area contributed by atoms with Crippen LogP contribution < -0.4 is 57.7 Å². The first-order valence-electron chi connectivity index (χ1n) is 37.1. The van der Waals surface area contributed by atoms with Crippen LogP contribution in [0.5, 0.6) is 11.5 Å². The Balaban J connectivity index is 0.767. The number of amides is 8. The van der Waals surface area contributed by atoms with Gasteiger partial charge < -0.3 is 147 Å². The van der Waals surface area contributed by atoms with Crippen molar-refractivity contribution in [2.24, 2.45) is 28.2 Å². The molecule has 114 heavy (non-hydrogen) atoms. The molecule has 0 atom stereocenters. The van der Waals surface area contributed by atoms with Crippen LogP contribution in [0.2, 0.25) is 0 Å². The highest BCUT2D eigenvalue weighted by atomic mass is 16.6. The quantitative estimate of drug-likeness (QED) is 0.0142. The fraction of sp³-hybridized carbons (Fsp3) is 0.575. The summed E-state index contributed by atoms with van der Waals surface area (Å²) in [5, 5.41) is 21.0. The maximum absolute atomic E-state index is 13.3. The summed E-state index contributed by atoms with van der Waals surface area (Å²) in [5.74, 6) is -3.06. The second-order valence-electron chi connectivity index (χ2n) is 24.3. The van der Waals surface area contributed by atoms with Crippen LogP contribution in [0, 0.1) is 0 Å². The van der Waals surface area contributed by atoms with Gasteiger partial charge in [-0.05, 0) is 24.4 Å². The third-order valence-corrected chi connectivity index (χ3v) is 15.4. The van der Waals surface area contributed by atoms with Gasteiger partial charge in [0.25, 0.3) is 29.5 Å². The van der Waals surface area contributed by atoms with E-state index in [9.17, 15) is 38.4 Å². The molecule has 41 nitrogen and oxygen atoms in total. The lowest BCUT2D eigenvalue weighted by Gasteiger charge is -2.17. The Morgan fingerprint density at radius 1 is 0.439 bits per heavy atom. The van der Waals surface area contributed by atoms with Gasteiger partial charge in [0, 0.05) is 137 Å². The first kappa shape index (κ1) is 94.6. The number of hydrogen-bond donors (Lipinski definition) is 9. The predicted octanol–water partition coefficient (Wildman–Crippen LogP) is 0.166. The second kappa shape index (κ2) is 57.9. The van der Waals surface area contributed by atoms with Gasteiger partial charge in [-0.25, -0.2) is 15.0 Å². The lowest BCUT2D eigenvalue weighted by Crippen LogP contribution is -2.35. The van der Waals surface area contributed by atoms with Crippen LogP contribution in [-0.2, 0) is 114 Å². The number of carbonyl (C=O) groups is 8. The Morgan fingerprint density at radius 2 is 0.860 bits per heavy atom. The summed E-state index contributed by atoms with van der Waals surface area (Å²) in [6.07, 6.45) is 9.61. The van der Waals surface area contributed by atoms with Crippen molar-refractivity contribution in [3.63, 3.8) is 0 Å². The van der Waals surface area contributed by atoms with Gasteiger partial charge in [-0.15, -0.1) is 0 Å². The van der Waals surface area contributed by atoms with Crippen LogP contribution in [0.3, 0.4) is 0 Å². The molecule has 0 saturated carbocycles. The number of anilines is 4. The largest absolute Gasteiger partial charge is 0.487 e. The number of aryl methyl sites for hydroxylation is 4. The highest BCUT2D eigenvalue weighted by Crippen LogP contribution is 2.29. The average molecular weight is 1610 g/mol. The summed E-state index contributed by atoms with van der Waals surface area (Å²) < 4.78 is 94.3. The van der Waals surface area contributed by atoms with Crippen molar-refractivity contribution in [1.29, 1.82) is 0 Å². The van der Waals surface area contributed by atoms with Crippen molar-refractivity contribution in [1.82, 2.24) is 64.7 Å². The minimum absolute atomic E-state index is 0.00878. The number of hydrogen-bond acceptors (Lipinski definition) is 29. The molecule has 41 heteroatoms. The normalized spacial score (nSPS) is 11.3. The Hall–Kier alpha value is -9.99. The Kier molecular flexibility index (Phi) is 48.1. The van der Waals surface area contributed by atoms with Gasteiger partial charge in [-0.1, -0.05) is 6.58 Å². The second-order valence-corrected chi connectivity index (χ2v) is 24.3. The first-order chi connectivity index (χ1) is 55.4. The van der Waals surface area contributed by atoms with E-state index < -0.39 is 41.4 Å². The van der Waals surface area contributed by atoms with E-state index >= 15 is 0 Å². The zero-order valence-corrected chi connectivity index (χ0v) is 66.0. The van der Waals surface area contributed by atoms with Gasteiger partial charge >= 0.3 is 0 Å². The smallest absolute Gasteiger partial charge is 0.291 e. The van der Waals surface area contributed by atoms with Crippen molar-refractivity contribution in [2.75, 3.05) is 254 Å². The number of ether oxygens (including phenoxy) is 16. The zero-order valence-electron chi connectivity index (χ0n) is 66.0. The molecule has 5 aromatic rings. The van der Waals surface area contributed by atoms with E-state index in [1.165, 1.54) is 63.6 Å². The molecule has 8 amide bonds. The summed E-state index contributed by atoms with van der Waals surface area (Å²) in [6.45, 7) is 15.7. The average Bonchev–Trinajstić information content (AvgIpc) is 1.32. The number of nitrogens with one attached hydrogen (secondary N) is 8. The number of imidazole rings is 3. The molecular weight excluding hydrogens is 1500 g/mol. The van der Waals surface area contributed by atoms with Gasteiger partial charge in [0.2, 0.25) is 29.4 Å². The van der Waals surface area contributed by atoms with Gasteiger partial charge in [0.15, 0.2) is 29.0 Å². The van der Waals surface area contributed by atoms with Crippen molar-refractivity contribution < 1.29 is 114 Å². The summed E-state index contributed by atoms with van der Waals surface area (Å²) in [5.41, 5.74) is 7.07. The number of nitrogens with two attached hydrogens (primary N) is 1. The molecule has 10 N–H and O–H groups in total. The standard InChI is InChI=1S/C73H113N17O24/c1-8-86(2)58(51-80-72(97)68-85-62(54-90(68)6)83-64(92)12-15-77-69(94)57-50-56(52-88(57)4)81-73(98)66-76-17-19-87(66)3)70(95)78-16-13-65(93)82-61-53-89(5)67(84-61)71(96)79-14-11-63(91)75-18-20-100-23-24-102-27-28-104-31-32-106-33-34-107-35-36-108-37-39-109-41-43-111-45-47-113-59-10-9-55(74)49-60(59)114-48-46-112-44-42-110-40-38-105-30-29-103-26-25-101-22-21-99-7/h8-10,17,19,49-54H,1,11-16,18,20-48,74H2,2-7H3,(H,75,91)(H,77,94)(H,78,95)(H,79,96)(H,80,97)(H,81,98)(H,82,93)(H,83,92)/b58-51-. The molecule has 0 fully saturated rings. The molecular formula is C73H113N17O24. The molecule has 4 aromatic heterocycles. The fourth-order valence-electron chi connectivity index (χ4n) is 9.56. The van der Waals surface area contributed by atoms with Gasteiger partial charge in [-0.3, -0.25) is 38.4 Å². The molecule has 634 valence electrons. The molecule has 5 rings (SSSR count). The molecule has 0 unspecified atom stereocenters. The van der Waals surface area contributed by atoms with Gasteiger partial charge in [0.1, 0.15) is 24.6 Å². The lowest BCUT2D eigenvalue weighted by molar-refractivity contribution is -0.121. The topological polar surface area (TPSA) is 468 Å². The van der Waals surface area contributed by atoms with E-state index in [1.54, 1.807) is 63.4 Å². The molecule has 4 heterocycles. The van der Waals surface area contributed by atoms with Crippen LogP contribution in [-0.4, -0.2) is 317 Å². The third-order valence-electron chi connectivity index (χ3n) is 15.4. The van der Waals surface area contributed by atoms with Crippen LogP contribution in [0.25, 0.3) is 0 Å². The number of methoxy groups -OCH3 is 1. The van der Waals surface area contributed by atoms with E-state index in [-0.39, 0.29) is 98.5 Å². The van der Waals surface area contributed by atoms with Crippen molar-refractivity contribution >= 4 is 70.3 Å². The zero-order chi connectivity index (χ0) is 82.2. The van der Waals surface area contributed by atoms with E-state index in [1.807, 2.05) is 0 Å². The van der Waals surface area contributed by atoms with Crippen LogP contribution >= 0.6 is 0 Å².